The van der Waals surface area contributed by atoms with Crippen LogP contribution < -0.4 is 9.62 Å². The number of benzene rings is 1. The third-order valence-corrected chi connectivity index (χ3v) is 5.24. The number of ether oxygens (including phenoxy) is 1. The first-order valence-corrected chi connectivity index (χ1v) is 9.96. The maximum Gasteiger partial charge on any atom is 0.243 e. The van der Waals surface area contributed by atoms with Gasteiger partial charge in [-0.25, -0.2) is 12.8 Å². The summed E-state index contributed by atoms with van der Waals surface area (Å²) in [5, 5.41) is 2.76. The molecule has 1 aromatic rings. The molecule has 0 spiro atoms. The normalized spacial score (nSPS) is 17.1. The van der Waals surface area contributed by atoms with E-state index in [1.165, 1.54) is 19.1 Å². The quantitative estimate of drug-likeness (QED) is 0.750. The molecular formula is C16H24FN3O4S. The van der Waals surface area contributed by atoms with Crippen LogP contribution in [0.3, 0.4) is 0 Å². The molecule has 0 bridgehead atoms. The van der Waals surface area contributed by atoms with Crippen molar-refractivity contribution in [2.45, 2.75) is 13.0 Å². The molecule has 1 atom stereocenters. The largest absolute Gasteiger partial charge is 0.379 e. The Labute approximate surface area is 147 Å². The van der Waals surface area contributed by atoms with Crippen molar-refractivity contribution < 1.29 is 22.3 Å². The summed E-state index contributed by atoms with van der Waals surface area (Å²) in [5.74, 6) is -0.872. The lowest BCUT2D eigenvalue weighted by atomic mass is 10.2. The highest BCUT2D eigenvalue weighted by Gasteiger charge is 2.29. The maximum absolute atomic E-state index is 13.1. The first-order chi connectivity index (χ1) is 11.8. The standard InChI is InChI=1S/C16H24FN3O4S/c1-13(16(21)18-7-8-19-9-11-24-12-10-19)20(25(2,22)23)15-5-3-14(17)4-6-15/h3-6,13H,7-12H2,1-2H3,(H,18,21)/t13-/m1/s1. The van der Waals surface area contributed by atoms with Crippen molar-refractivity contribution in [2.24, 2.45) is 0 Å². The number of nitrogens with zero attached hydrogens (tertiary/aromatic N) is 2. The van der Waals surface area contributed by atoms with E-state index in [1.807, 2.05) is 0 Å². The van der Waals surface area contributed by atoms with Crippen molar-refractivity contribution in [2.75, 3.05) is 50.0 Å². The van der Waals surface area contributed by atoms with Gasteiger partial charge in [-0.3, -0.25) is 14.0 Å². The van der Waals surface area contributed by atoms with Gasteiger partial charge in [0.05, 0.1) is 25.2 Å². The maximum atomic E-state index is 13.1. The van der Waals surface area contributed by atoms with Crippen LogP contribution in [0.25, 0.3) is 0 Å². The smallest absolute Gasteiger partial charge is 0.243 e. The van der Waals surface area contributed by atoms with Crippen LogP contribution in [-0.4, -0.2) is 70.9 Å². The summed E-state index contributed by atoms with van der Waals surface area (Å²) in [6.45, 7) is 5.59. The van der Waals surface area contributed by atoms with Crippen molar-refractivity contribution >= 4 is 21.6 Å². The molecule has 1 N–H and O–H groups in total. The molecule has 0 saturated carbocycles. The highest BCUT2D eigenvalue weighted by Crippen LogP contribution is 2.21. The van der Waals surface area contributed by atoms with Crippen molar-refractivity contribution in [3.8, 4) is 0 Å². The molecule has 7 nitrogen and oxygen atoms in total. The molecule has 1 fully saturated rings. The summed E-state index contributed by atoms with van der Waals surface area (Å²) < 4.78 is 43.6. The van der Waals surface area contributed by atoms with Gasteiger partial charge in [-0.2, -0.15) is 0 Å². The van der Waals surface area contributed by atoms with E-state index in [0.717, 1.165) is 35.8 Å². The fraction of sp³-hybridized carbons (Fsp3) is 0.562. The lowest BCUT2D eigenvalue weighted by Gasteiger charge is -2.29. The highest BCUT2D eigenvalue weighted by molar-refractivity contribution is 7.92. The minimum absolute atomic E-state index is 0.250. The molecule has 2 rings (SSSR count). The van der Waals surface area contributed by atoms with Gasteiger partial charge in [-0.05, 0) is 31.2 Å². The Hall–Kier alpha value is -1.71. The third-order valence-electron chi connectivity index (χ3n) is 4.00. The number of amides is 1. The number of nitrogens with one attached hydrogen (secondary N) is 1. The third kappa shape index (κ3) is 5.65. The van der Waals surface area contributed by atoms with Crippen LogP contribution in [-0.2, 0) is 19.6 Å². The van der Waals surface area contributed by atoms with Gasteiger partial charge in [0, 0.05) is 26.2 Å². The van der Waals surface area contributed by atoms with Crippen molar-refractivity contribution in [1.29, 1.82) is 0 Å². The minimum atomic E-state index is -3.70. The van der Waals surface area contributed by atoms with Crippen LogP contribution in [0.2, 0.25) is 0 Å². The van der Waals surface area contributed by atoms with Gasteiger partial charge in [0.15, 0.2) is 0 Å². The van der Waals surface area contributed by atoms with Gasteiger partial charge < -0.3 is 10.1 Å². The fourth-order valence-corrected chi connectivity index (χ4v) is 3.88. The van der Waals surface area contributed by atoms with E-state index < -0.39 is 27.8 Å². The van der Waals surface area contributed by atoms with Crippen LogP contribution in [0.5, 0.6) is 0 Å². The lowest BCUT2D eigenvalue weighted by Crippen LogP contribution is -2.49. The van der Waals surface area contributed by atoms with Gasteiger partial charge in [0.2, 0.25) is 15.9 Å². The van der Waals surface area contributed by atoms with E-state index in [4.69, 9.17) is 4.74 Å². The average Bonchev–Trinajstić information content (AvgIpc) is 2.56. The van der Waals surface area contributed by atoms with Gasteiger partial charge in [0.25, 0.3) is 0 Å². The van der Waals surface area contributed by atoms with Gasteiger partial charge >= 0.3 is 0 Å². The molecule has 0 aromatic heterocycles. The lowest BCUT2D eigenvalue weighted by molar-refractivity contribution is -0.121. The predicted molar refractivity (Wildman–Crippen MR) is 93.5 cm³/mol. The molecule has 1 aromatic carbocycles. The molecule has 1 aliphatic heterocycles. The SMILES string of the molecule is C[C@H](C(=O)NCCN1CCOCC1)N(c1ccc(F)cc1)S(C)(=O)=O. The Morgan fingerprint density at radius 3 is 2.48 bits per heavy atom. The second-order valence-corrected chi connectivity index (χ2v) is 7.82. The first-order valence-electron chi connectivity index (χ1n) is 8.12. The van der Waals surface area contributed by atoms with Crippen LogP contribution in [0.4, 0.5) is 10.1 Å². The fourth-order valence-electron chi connectivity index (χ4n) is 2.71. The van der Waals surface area contributed by atoms with E-state index in [9.17, 15) is 17.6 Å². The molecular weight excluding hydrogens is 349 g/mol. The van der Waals surface area contributed by atoms with E-state index in [0.29, 0.717) is 26.3 Å². The van der Waals surface area contributed by atoms with E-state index in [2.05, 4.69) is 10.2 Å². The first kappa shape index (κ1) is 19.6. The molecule has 1 saturated heterocycles. The molecule has 1 amide bonds. The number of anilines is 1. The zero-order valence-corrected chi connectivity index (χ0v) is 15.3. The average molecular weight is 373 g/mol. The predicted octanol–water partition coefficient (Wildman–Crippen LogP) is 0.429. The van der Waals surface area contributed by atoms with E-state index in [1.54, 1.807) is 0 Å². The molecule has 1 aliphatic rings. The zero-order valence-electron chi connectivity index (χ0n) is 14.4. The zero-order chi connectivity index (χ0) is 18.4. The Kier molecular flexibility index (Phi) is 6.74. The Morgan fingerprint density at radius 1 is 1.32 bits per heavy atom. The van der Waals surface area contributed by atoms with Crippen molar-refractivity contribution in [1.82, 2.24) is 10.2 Å². The van der Waals surface area contributed by atoms with Crippen LogP contribution >= 0.6 is 0 Å². The van der Waals surface area contributed by atoms with E-state index >= 15 is 0 Å². The summed E-state index contributed by atoms with van der Waals surface area (Å²) in [4.78, 5) is 14.5. The van der Waals surface area contributed by atoms with Crippen LogP contribution in [0.15, 0.2) is 24.3 Å². The van der Waals surface area contributed by atoms with Crippen LogP contribution in [0, 0.1) is 5.82 Å². The molecule has 25 heavy (non-hydrogen) atoms. The molecule has 9 heteroatoms. The van der Waals surface area contributed by atoms with Crippen molar-refractivity contribution in [3.63, 3.8) is 0 Å². The Balaban J connectivity index is 1.99. The number of hydrogen-bond donors (Lipinski definition) is 1. The number of hydrogen-bond acceptors (Lipinski definition) is 5. The number of carbonyl (C=O) groups is 1. The molecule has 140 valence electrons. The number of carbonyl (C=O) groups excluding carboxylic acids is 1. The molecule has 0 radical (unpaired) electrons. The van der Waals surface area contributed by atoms with Crippen molar-refractivity contribution in [3.05, 3.63) is 30.1 Å². The van der Waals surface area contributed by atoms with E-state index in [-0.39, 0.29) is 5.69 Å². The highest BCUT2D eigenvalue weighted by atomic mass is 32.2. The summed E-state index contributed by atoms with van der Waals surface area (Å²) in [7, 11) is -3.70. The van der Waals surface area contributed by atoms with Gasteiger partial charge in [-0.1, -0.05) is 0 Å². The Bertz CT molecular complexity index is 675. The summed E-state index contributed by atoms with van der Waals surface area (Å²) >= 11 is 0. The number of rotatable bonds is 7. The van der Waals surface area contributed by atoms with Gasteiger partial charge in [0.1, 0.15) is 11.9 Å². The van der Waals surface area contributed by atoms with Crippen LogP contribution in [0.1, 0.15) is 6.92 Å². The molecule has 0 unspecified atom stereocenters. The molecule has 1 heterocycles. The Morgan fingerprint density at radius 2 is 1.92 bits per heavy atom. The second-order valence-electron chi connectivity index (χ2n) is 5.96. The number of halogens is 1. The summed E-state index contributed by atoms with van der Waals surface area (Å²) in [6.07, 6.45) is 1.02. The van der Waals surface area contributed by atoms with Gasteiger partial charge in [-0.15, -0.1) is 0 Å². The number of morpholine rings is 1. The number of sulfonamides is 1. The summed E-state index contributed by atoms with van der Waals surface area (Å²) in [5.41, 5.74) is 0.250. The summed E-state index contributed by atoms with van der Waals surface area (Å²) in [6, 6.07) is 4.07. The topological polar surface area (TPSA) is 79.0 Å². The minimum Gasteiger partial charge on any atom is -0.379 e. The monoisotopic (exact) mass is 373 g/mol. The molecule has 0 aliphatic carbocycles. The second kappa shape index (κ2) is 8.59.